The monoisotopic (exact) mass is 325 g/mol. The molecule has 1 heterocycles. The summed E-state index contributed by atoms with van der Waals surface area (Å²) in [6.07, 6.45) is 0.823. The Morgan fingerprint density at radius 2 is 2.06 bits per heavy atom. The van der Waals surface area contributed by atoms with Gasteiger partial charge in [0.2, 0.25) is 0 Å². The lowest BCUT2D eigenvalue weighted by Gasteiger charge is -2.24. The summed E-state index contributed by atoms with van der Waals surface area (Å²) in [7, 11) is -3.32. The predicted molar refractivity (Wildman–Crippen MR) is 71.3 cm³/mol. The molecule has 0 bridgehead atoms. The van der Waals surface area contributed by atoms with Crippen molar-refractivity contribution >= 4 is 37.3 Å². The van der Waals surface area contributed by atoms with E-state index >= 15 is 0 Å². The van der Waals surface area contributed by atoms with Gasteiger partial charge in [-0.1, -0.05) is 6.92 Å². The first-order valence-corrected chi connectivity index (χ1v) is 8.21. The van der Waals surface area contributed by atoms with E-state index in [0.29, 0.717) is 10.8 Å². The molecular weight excluding hydrogens is 310 g/mol. The van der Waals surface area contributed by atoms with Gasteiger partial charge in [0, 0.05) is 12.6 Å². The molecule has 0 N–H and O–H groups in total. The molecule has 1 aromatic rings. The summed E-state index contributed by atoms with van der Waals surface area (Å²) in [6, 6.07) is 3.41. The highest BCUT2D eigenvalue weighted by molar-refractivity contribution is 9.11. The van der Waals surface area contributed by atoms with Crippen LogP contribution in [0.2, 0.25) is 0 Å². The Kier molecular flexibility index (Phi) is 4.97. The van der Waals surface area contributed by atoms with Crippen LogP contribution in [-0.2, 0) is 10.0 Å². The number of hydrogen-bond acceptors (Lipinski definition) is 3. The van der Waals surface area contributed by atoms with E-state index in [1.165, 1.54) is 11.3 Å². The van der Waals surface area contributed by atoms with Gasteiger partial charge in [-0.15, -0.1) is 11.3 Å². The van der Waals surface area contributed by atoms with Crippen molar-refractivity contribution in [2.75, 3.05) is 6.54 Å². The third-order valence-electron chi connectivity index (χ3n) is 2.13. The van der Waals surface area contributed by atoms with Crippen molar-refractivity contribution in [3.8, 4) is 0 Å². The zero-order valence-corrected chi connectivity index (χ0v) is 12.8. The van der Waals surface area contributed by atoms with Gasteiger partial charge < -0.3 is 0 Å². The normalized spacial score (nSPS) is 12.6. The minimum Gasteiger partial charge on any atom is -0.206 e. The Hall–Kier alpha value is 0.0900. The molecule has 92 valence electrons. The van der Waals surface area contributed by atoms with Gasteiger partial charge in [0.1, 0.15) is 4.21 Å². The van der Waals surface area contributed by atoms with E-state index in [4.69, 9.17) is 0 Å². The topological polar surface area (TPSA) is 37.4 Å². The first-order valence-electron chi connectivity index (χ1n) is 5.16. The molecule has 6 heteroatoms. The van der Waals surface area contributed by atoms with E-state index in [-0.39, 0.29) is 6.04 Å². The molecule has 0 aliphatic carbocycles. The minimum atomic E-state index is -3.32. The van der Waals surface area contributed by atoms with Crippen LogP contribution >= 0.6 is 27.3 Å². The van der Waals surface area contributed by atoms with Crippen molar-refractivity contribution in [1.82, 2.24) is 4.31 Å². The van der Waals surface area contributed by atoms with Gasteiger partial charge in [0.25, 0.3) is 10.0 Å². The highest BCUT2D eigenvalue weighted by atomic mass is 79.9. The molecule has 0 fully saturated rings. The van der Waals surface area contributed by atoms with Crippen molar-refractivity contribution in [2.24, 2.45) is 0 Å². The molecule has 0 spiro atoms. The molecule has 0 unspecified atom stereocenters. The molecule has 1 aromatic heterocycles. The van der Waals surface area contributed by atoms with E-state index < -0.39 is 10.0 Å². The van der Waals surface area contributed by atoms with Crippen LogP contribution in [0.15, 0.2) is 20.1 Å². The van der Waals surface area contributed by atoms with Crippen LogP contribution in [0.5, 0.6) is 0 Å². The van der Waals surface area contributed by atoms with Crippen molar-refractivity contribution in [3.05, 3.63) is 15.9 Å². The Morgan fingerprint density at radius 3 is 2.44 bits per heavy atom. The maximum atomic E-state index is 12.3. The summed E-state index contributed by atoms with van der Waals surface area (Å²) in [6.45, 7) is 6.34. The maximum absolute atomic E-state index is 12.3. The second-order valence-electron chi connectivity index (χ2n) is 3.77. The summed E-state index contributed by atoms with van der Waals surface area (Å²) < 4.78 is 27.4. The molecule has 0 aliphatic rings. The summed E-state index contributed by atoms with van der Waals surface area (Å²) in [5.41, 5.74) is 0. The molecule has 0 radical (unpaired) electrons. The molecule has 0 aromatic carbocycles. The SMILES string of the molecule is CCCN(C(C)C)S(=O)(=O)c1ccc(Br)s1. The molecule has 0 atom stereocenters. The lowest BCUT2D eigenvalue weighted by Crippen LogP contribution is -2.37. The van der Waals surface area contributed by atoms with Gasteiger partial charge in [-0.05, 0) is 48.3 Å². The van der Waals surface area contributed by atoms with Crippen molar-refractivity contribution < 1.29 is 8.42 Å². The summed E-state index contributed by atoms with van der Waals surface area (Å²) in [5, 5.41) is 0. The van der Waals surface area contributed by atoms with Gasteiger partial charge in [0.05, 0.1) is 3.79 Å². The molecule has 0 saturated heterocycles. The number of halogens is 1. The van der Waals surface area contributed by atoms with Crippen LogP contribution in [0, 0.1) is 0 Å². The second-order valence-corrected chi connectivity index (χ2v) is 8.35. The van der Waals surface area contributed by atoms with Crippen molar-refractivity contribution in [2.45, 2.75) is 37.4 Å². The summed E-state index contributed by atoms with van der Waals surface area (Å²) in [5.74, 6) is 0. The minimum absolute atomic E-state index is 0.00849. The highest BCUT2D eigenvalue weighted by Gasteiger charge is 2.27. The van der Waals surface area contributed by atoms with Crippen LogP contribution in [0.4, 0.5) is 0 Å². The van der Waals surface area contributed by atoms with Crippen LogP contribution < -0.4 is 0 Å². The van der Waals surface area contributed by atoms with E-state index in [1.54, 1.807) is 16.4 Å². The zero-order valence-electron chi connectivity index (χ0n) is 9.60. The fraction of sp³-hybridized carbons (Fsp3) is 0.600. The van der Waals surface area contributed by atoms with E-state index in [1.807, 2.05) is 20.8 Å². The first-order chi connectivity index (χ1) is 7.39. The maximum Gasteiger partial charge on any atom is 0.252 e. The fourth-order valence-corrected chi connectivity index (χ4v) is 5.30. The van der Waals surface area contributed by atoms with Gasteiger partial charge in [-0.2, -0.15) is 4.31 Å². The number of sulfonamides is 1. The smallest absolute Gasteiger partial charge is 0.206 e. The quantitative estimate of drug-likeness (QED) is 0.832. The molecule has 0 saturated carbocycles. The average Bonchev–Trinajstić information content (AvgIpc) is 2.61. The summed E-state index contributed by atoms with van der Waals surface area (Å²) >= 11 is 4.54. The van der Waals surface area contributed by atoms with E-state index in [9.17, 15) is 8.42 Å². The molecule has 1 rings (SSSR count). The standard InChI is InChI=1S/C10H16BrNO2S2/c1-4-7-12(8(2)3)16(13,14)10-6-5-9(11)15-10/h5-6,8H,4,7H2,1-3H3. The Labute approximate surface area is 110 Å². The van der Waals surface area contributed by atoms with Gasteiger partial charge in [-0.3, -0.25) is 0 Å². The van der Waals surface area contributed by atoms with Gasteiger partial charge in [-0.25, -0.2) is 8.42 Å². The number of nitrogens with zero attached hydrogens (tertiary/aromatic N) is 1. The van der Waals surface area contributed by atoms with Crippen LogP contribution in [0.3, 0.4) is 0 Å². The van der Waals surface area contributed by atoms with Crippen molar-refractivity contribution in [3.63, 3.8) is 0 Å². The Bertz CT molecular complexity index is 439. The van der Waals surface area contributed by atoms with Crippen LogP contribution in [0.25, 0.3) is 0 Å². The average molecular weight is 326 g/mol. The largest absolute Gasteiger partial charge is 0.252 e. The van der Waals surface area contributed by atoms with E-state index in [0.717, 1.165) is 10.2 Å². The Morgan fingerprint density at radius 1 is 1.44 bits per heavy atom. The predicted octanol–water partition coefficient (Wildman–Crippen LogP) is 3.32. The van der Waals surface area contributed by atoms with Gasteiger partial charge in [0.15, 0.2) is 0 Å². The number of thiophene rings is 1. The number of rotatable bonds is 5. The highest BCUT2D eigenvalue weighted by Crippen LogP contribution is 2.29. The number of hydrogen-bond donors (Lipinski definition) is 0. The molecule has 0 aliphatic heterocycles. The summed E-state index contributed by atoms with van der Waals surface area (Å²) in [4.78, 5) is 0. The lowest BCUT2D eigenvalue weighted by molar-refractivity contribution is 0.355. The third kappa shape index (κ3) is 3.06. The second kappa shape index (κ2) is 5.62. The third-order valence-corrected chi connectivity index (χ3v) is 6.30. The lowest BCUT2D eigenvalue weighted by atomic mass is 10.4. The molecule has 3 nitrogen and oxygen atoms in total. The van der Waals surface area contributed by atoms with Crippen LogP contribution in [-0.4, -0.2) is 25.3 Å². The van der Waals surface area contributed by atoms with Crippen LogP contribution in [0.1, 0.15) is 27.2 Å². The molecule has 0 amide bonds. The Balaban J connectivity index is 3.08. The molecular formula is C10H16BrNO2S2. The first kappa shape index (κ1) is 14.2. The fourth-order valence-electron chi connectivity index (χ4n) is 1.43. The van der Waals surface area contributed by atoms with Gasteiger partial charge >= 0.3 is 0 Å². The zero-order chi connectivity index (χ0) is 12.3. The molecule has 16 heavy (non-hydrogen) atoms. The van der Waals surface area contributed by atoms with Crippen molar-refractivity contribution in [1.29, 1.82) is 0 Å². The van der Waals surface area contributed by atoms with E-state index in [2.05, 4.69) is 15.9 Å².